The lowest BCUT2D eigenvalue weighted by molar-refractivity contribution is -0.131. The van der Waals surface area contributed by atoms with Gasteiger partial charge in [0, 0.05) is 6.54 Å². The number of rotatable bonds is 6. The first-order valence-corrected chi connectivity index (χ1v) is 7.36. The molecule has 110 valence electrons. The van der Waals surface area contributed by atoms with Gasteiger partial charge in [-0.15, -0.1) is 0 Å². The topological polar surface area (TPSA) is 75.4 Å². The summed E-state index contributed by atoms with van der Waals surface area (Å²) >= 11 is 0. The molecule has 1 aromatic carbocycles. The van der Waals surface area contributed by atoms with Crippen LogP contribution in [0.15, 0.2) is 30.3 Å². The summed E-state index contributed by atoms with van der Waals surface area (Å²) in [5.41, 5.74) is 6.51. The number of nitrogens with one attached hydrogen (secondary N) is 1. The summed E-state index contributed by atoms with van der Waals surface area (Å²) in [5.74, 6) is 0.00693. The van der Waals surface area contributed by atoms with Crippen LogP contribution in [0, 0.1) is 5.41 Å². The highest BCUT2D eigenvalue weighted by Gasteiger charge is 2.40. The Morgan fingerprint density at radius 1 is 1.30 bits per heavy atom. The van der Waals surface area contributed by atoms with Gasteiger partial charge in [-0.3, -0.25) is 4.79 Å². The molecule has 4 N–H and O–H groups in total. The van der Waals surface area contributed by atoms with Gasteiger partial charge in [0.2, 0.25) is 5.91 Å². The van der Waals surface area contributed by atoms with E-state index in [9.17, 15) is 9.90 Å². The number of aliphatic hydroxyl groups is 1. The summed E-state index contributed by atoms with van der Waals surface area (Å²) < 4.78 is 0. The van der Waals surface area contributed by atoms with Crippen molar-refractivity contribution in [3.63, 3.8) is 0 Å². The van der Waals surface area contributed by atoms with Crippen molar-refractivity contribution in [3.05, 3.63) is 35.9 Å². The van der Waals surface area contributed by atoms with E-state index in [4.69, 9.17) is 5.73 Å². The molecule has 4 heteroatoms. The van der Waals surface area contributed by atoms with E-state index in [0.29, 0.717) is 13.0 Å². The van der Waals surface area contributed by atoms with E-state index in [2.05, 4.69) is 5.32 Å². The van der Waals surface area contributed by atoms with Crippen LogP contribution in [0.5, 0.6) is 0 Å². The molecule has 0 bridgehead atoms. The third-order valence-corrected chi connectivity index (χ3v) is 4.31. The van der Waals surface area contributed by atoms with Crippen LogP contribution in [0.2, 0.25) is 0 Å². The zero-order valence-electron chi connectivity index (χ0n) is 11.8. The zero-order chi connectivity index (χ0) is 14.4. The summed E-state index contributed by atoms with van der Waals surface area (Å²) in [7, 11) is 0. The van der Waals surface area contributed by atoms with Crippen LogP contribution in [-0.4, -0.2) is 30.2 Å². The van der Waals surface area contributed by atoms with Crippen molar-refractivity contribution in [2.75, 3.05) is 13.2 Å². The summed E-state index contributed by atoms with van der Waals surface area (Å²) in [6.07, 6.45) is 4.49. The zero-order valence-corrected chi connectivity index (χ0v) is 11.8. The lowest BCUT2D eigenvalue weighted by Gasteiger charge is -2.28. The van der Waals surface area contributed by atoms with Gasteiger partial charge in [-0.2, -0.15) is 0 Å². The molecular formula is C16H24N2O2. The van der Waals surface area contributed by atoms with Gasteiger partial charge in [0.05, 0.1) is 18.1 Å². The number of carbonyl (C=O) groups is 1. The van der Waals surface area contributed by atoms with Crippen molar-refractivity contribution in [2.45, 2.75) is 38.1 Å². The van der Waals surface area contributed by atoms with Crippen LogP contribution < -0.4 is 11.1 Å². The number of nitrogens with two attached hydrogens (primary N) is 1. The van der Waals surface area contributed by atoms with Crippen LogP contribution >= 0.6 is 0 Å². The van der Waals surface area contributed by atoms with E-state index < -0.39 is 5.41 Å². The van der Waals surface area contributed by atoms with E-state index in [1.54, 1.807) is 0 Å². The number of hydrogen-bond donors (Lipinski definition) is 3. The maximum atomic E-state index is 12.5. The molecule has 1 unspecified atom stereocenters. The van der Waals surface area contributed by atoms with Gasteiger partial charge in [0.15, 0.2) is 0 Å². The standard InChI is InChI=1S/C16H24N2O2/c17-12-16(8-4-5-9-16)15(20)18-14(11-19)10-13-6-2-1-3-7-13/h1-3,6-7,14,19H,4-5,8-12,17H2,(H,18,20). The fourth-order valence-electron chi connectivity index (χ4n) is 2.97. The van der Waals surface area contributed by atoms with Crippen LogP contribution in [0.3, 0.4) is 0 Å². The minimum absolute atomic E-state index is 0.00693. The van der Waals surface area contributed by atoms with E-state index in [0.717, 1.165) is 31.2 Å². The second kappa shape index (κ2) is 6.86. The van der Waals surface area contributed by atoms with Gasteiger partial charge in [0.25, 0.3) is 0 Å². The largest absolute Gasteiger partial charge is 0.394 e. The average Bonchev–Trinajstić information content (AvgIpc) is 2.97. The molecule has 4 nitrogen and oxygen atoms in total. The van der Waals surface area contributed by atoms with E-state index in [-0.39, 0.29) is 18.6 Å². The second-order valence-electron chi connectivity index (χ2n) is 5.73. The average molecular weight is 276 g/mol. The molecule has 0 aliphatic heterocycles. The molecule has 1 aliphatic carbocycles. The van der Waals surface area contributed by atoms with Crippen molar-refractivity contribution in [1.29, 1.82) is 0 Å². The number of amides is 1. The van der Waals surface area contributed by atoms with Crippen molar-refractivity contribution in [3.8, 4) is 0 Å². The fourth-order valence-corrected chi connectivity index (χ4v) is 2.97. The monoisotopic (exact) mass is 276 g/mol. The lowest BCUT2D eigenvalue weighted by Crippen LogP contribution is -2.49. The van der Waals surface area contributed by atoms with Gasteiger partial charge in [-0.05, 0) is 24.8 Å². The Labute approximate surface area is 120 Å². The fraction of sp³-hybridized carbons (Fsp3) is 0.562. The van der Waals surface area contributed by atoms with E-state index in [1.807, 2.05) is 30.3 Å². The van der Waals surface area contributed by atoms with Gasteiger partial charge < -0.3 is 16.2 Å². The highest BCUT2D eigenvalue weighted by atomic mass is 16.3. The predicted molar refractivity (Wildman–Crippen MR) is 79.1 cm³/mol. The Balaban J connectivity index is 1.97. The first-order chi connectivity index (χ1) is 9.70. The summed E-state index contributed by atoms with van der Waals surface area (Å²) in [6.45, 7) is 0.337. The third kappa shape index (κ3) is 3.38. The molecule has 0 spiro atoms. The molecule has 0 radical (unpaired) electrons. The third-order valence-electron chi connectivity index (χ3n) is 4.31. The van der Waals surface area contributed by atoms with Gasteiger partial charge in [-0.25, -0.2) is 0 Å². The summed E-state index contributed by atoms with van der Waals surface area (Å²) in [6, 6.07) is 9.65. The molecule has 0 heterocycles. The van der Waals surface area contributed by atoms with Gasteiger partial charge in [-0.1, -0.05) is 43.2 Å². The number of carbonyl (C=O) groups excluding carboxylic acids is 1. The molecular weight excluding hydrogens is 252 g/mol. The van der Waals surface area contributed by atoms with Gasteiger partial charge in [0.1, 0.15) is 0 Å². The van der Waals surface area contributed by atoms with Crippen molar-refractivity contribution in [1.82, 2.24) is 5.32 Å². The summed E-state index contributed by atoms with van der Waals surface area (Å²) in [4.78, 5) is 12.5. The highest BCUT2D eigenvalue weighted by molar-refractivity contribution is 5.83. The molecule has 0 aromatic heterocycles. The van der Waals surface area contributed by atoms with Crippen molar-refractivity contribution in [2.24, 2.45) is 11.1 Å². The Kier molecular flexibility index (Phi) is 5.15. The first-order valence-electron chi connectivity index (χ1n) is 7.36. The van der Waals surface area contributed by atoms with Crippen LogP contribution in [-0.2, 0) is 11.2 Å². The number of aliphatic hydroxyl groups excluding tert-OH is 1. The molecule has 1 aromatic rings. The Morgan fingerprint density at radius 2 is 1.95 bits per heavy atom. The molecule has 0 saturated heterocycles. The van der Waals surface area contributed by atoms with Crippen LogP contribution in [0.1, 0.15) is 31.2 Å². The van der Waals surface area contributed by atoms with E-state index in [1.165, 1.54) is 0 Å². The Morgan fingerprint density at radius 3 is 2.50 bits per heavy atom. The second-order valence-corrected chi connectivity index (χ2v) is 5.73. The molecule has 1 fully saturated rings. The van der Waals surface area contributed by atoms with Crippen LogP contribution in [0.4, 0.5) is 0 Å². The quantitative estimate of drug-likeness (QED) is 0.731. The predicted octanol–water partition coefficient (Wildman–Crippen LogP) is 1.23. The van der Waals surface area contributed by atoms with Gasteiger partial charge >= 0.3 is 0 Å². The molecule has 1 aliphatic rings. The highest BCUT2D eigenvalue weighted by Crippen LogP contribution is 2.37. The SMILES string of the molecule is NCC1(C(=O)NC(CO)Cc2ccccc2)CCCC1. The summed E-state index contributed by atoms with van der Waals surface area (Å²) in [5, 5.41) is 12.5. The number of benzene rings is 1. The Hall–Kier alpha value is -1.39. The molecule has 1 amide bonds. The lowest BCUT2D eigenvalue weighted by atomic mass is 9.85. The first kappa shape index (κ1) is 15.0. The molecule has 2 rings (SSSR count). The smallest absolute Gasteiger partial charge is 0.227 e. The van der Waals surface area contributed by atoms with Crippen LogP contribution in [0.25, 0.3) is 0 Å². The number of hydrogen-bond acceptors (Lipinski definition) is 3. The maximum absolute atomic E-state index is 12.5. The normalized spacial score (nSPS) is 18.7. The molecule has 1 atom stereocenters. The Bertz CT molecular complexity index is 427. The minimum atomic E-state index is -0.413. The van der Waals surface area contributed by atoms with E-state index >= 15 is 0 Å². The minimum Gasteiger partial charge on any atom is -0.394 e. The molecule has 20 heavy (non-hydrogen) atoms. The maximum Gasteiger partial charge on any atom is 0.227 e. The van der Waals surface area contributed by atoms with Crippen molar-refractivity contribution >= 4 is 5.91 Å². The van der Waals surface area contributed by atoms with Crippen molar-refractivity contribution < 1.29 is 9.90 Å². The molecule has 1 saturated carbocycles.